The van der Waals surface area contributed by atoms with Crippen LogP contribution < -0.4 is 5.32 Å². The van der Waals surface area contributed by atoms with Crippen molar-refractivity contribution < 1.29 is 13.2 Å². The summed E-state index contributed by atoms with van der Waals surface area (Å²) < 4.78 is 27.4. The van der Waals surface area contributed by atoms with Crippen LogP contribution in [-0.4, -0.2) is 36.7 Å². The van der Waals surface area contributed by atoms with E-state index in [1.54, 1.807) is 18.3 Å². The van der Waals surface area contributed by atoms with E-state index >= 15 is 0 Å². The van der Waals surface area contributed by atoms with Crippen molar-refractivity contribution in [2.24, 2.45) is 0 Å². The number of nitrogens with one attached hydrogen (secondary N) is 1. The van der Waals surface area contributed by atoms with Crippen LogP contribution in [0.15, 0.2) is 45.9 Å². The van der Waals surface area contributed by atoms with Crippen molar-refractivity contribution in [3.63, 3.8) is 0 Å². The first-order valence-electron chi connectivity index (χ1n) is 7.91. The van der Waals surface area contributed by atoms with Crippen LogP contribution in [0, 0.1) is 6.92 Å². The van der Waals surface area contributed by atoms with Crippen molar-refractivity contribution in [2.75, 3.05) is 18.4 Å². The first-order chi connectivity index (χ1) is 11.9. The smallest absolute Gasteiger partial charge is 0.258 e. The Morgan fingerprint density at radius 3 is 2.60 bits per heavy atom. The van der Waals surface area contributed by atoms with E-state index in [1.165, 1.54) is 16.4 Å². The zero-order valence-corrected chi connectivity index (χ0v) is 16.1. The molecular weight excluding hydrogens is 406 g/mol. The second kappa shape index (κ2) is 7.23. The number of sulfonamides is 1. The monoisotopic (exact) mass is 423 g/mol. The van der Waals surface area contributed by atoms with Crippen LogP contribution in [0.2, 0.25) is 0 Å². The van der Waals surface area contributed by atoms with Crippen molar-refractivity contribution in [3.8, 4) is 0 Å². The lowest BCUT2D eigenvalue weighted by atomic mass is 10.2. The maximum Gasteiger partial charge on any atom is 0.258 e. The lowest BCUT2D eigenvalue weighted by molar-refractivity contribution is 0.102. The summed E-state index contributed by atoms with van der Waals surface area (Å²) in [5.41, 5.74) is 1.22. The molecule has 0 atom stereocenters. The molecule has 1 amide bonds. The first-order valence-corrected chi connectivity index (χ1v) is 10.1. The quantitative estimate of drug-likeness (QED) is 0.818. The van der Waals surface area contributed by atoms with Crippen LogP contribution >= 0.6 is 15.9 Å². The molecule has 0 spiro atoms. The van der Waals surface area contributed by atoms with E-state index in [0.29, 0.717) is 23.4 Å². The Bertz CT molecular complexity index is 909. The number of halogens is 1. The molecule has 0 bridgehead atoms. The summed E-state index contributed by atoms with van der Waals surface area (Å²) in [7, 11) is -3.57. The first kappa shape index (κ1) is 18.0. The van der Waals surface area contributed by atoms with E-state index in [0.717, 1.165) is 18.4 Å². The number of hydrogen-bond donors (Lipinski definition) is 1. The van der Waals surface area contributed by atoms with Gasteiger partial charge in [-0.25, -0.2) is 13.4 Å². The van der Waals surface area contributed by atoms with Gasteiger partial charge in [-0.1, -0.05) is 0 Å². The van der Waals surface area contributed by atoms with Gasteiger partial charge in [0.15, 0.2) is 0 Å². The van der Waals surface area contributed by atoms with Crippen molar-refractivity contribution in [1.82, 2.24) is 9.29 Å². The predicted octanol–water partition coefficient (Wildman–Crippen LogP) is 3.19. The summed E-state index contributed by atoms with van der Waals surface area (Å²) in [6.07, 6.45) is 3.33. The Morgan fingerprint density at radius 2 is 1.92 bits per heavy atom. The number of carbonyl (C=O) groups is 1. The molecule has 1 N–H and O–H groups in total. The van der Waals surface area contributed by atoms with E-state index in [1.807, 2.05) is 13.0 Å². The number of benzene rings is 1. The van der Waals surface area contributed by atoms with Crippen molar-refractivity contribution >= 4 is 37.7 Å². The van der Waals surface area contributed by atoms with Crippen molar-refractivity contribution in [2.45, 2.75) is 24.7 Å². The van der Waals surface area contributed by atoms with Gasteiger partial charge in [-0.15, -0.1) is 0 Å². The number of anilines is 1. The molecule has 2 aromatic rings. The van der Waals surface area contributed by atoms with Gasteiger partial charge >= 0.3 is 0 Å². The van der Waals surface area contributed by atoms with Gasteiger partial charge in [0.1, 0.15) is 5.82 Å². The highest BCUT2D eigenvalue weighted by atomic mass is 79.9. The molecule has 132 valence electrons. The van der Waals surface area contributed by atoms with Gasteiger partial charge in [0, 0.05) is 23.8 Å². The SMILES string of the molecule is Cc1ccnc(NC(=O)c2cc(S(=O)(=O)N3CCCC3)ccc2Br)c1. The average molecular weight is 424 g/mol. The van der Waals surface area contributed by atoms with Gasteiger partial charge < -0.3 is 5.32 Å². The summed E-state index contributed by atoms with van der Waals surface area (Å²) in [6.45, 7) is 2.94. The van der Waals surface area contributed by atoms with E-state index in [4.69, 9.17) is 0 Å². The van der Waals surface area contributed by atoms with Gasteiger partial charge in [0.05, 0.1) is 10.5 Å². The van der Waals surface area contributed by atoms with Crippen LogP contribution in [0.5, 0.6) is 0 Å². The summed E-state index contributed by atoms with van der Waals surface area (Å²) in [4.78, 5) is 16.8. The maximum atomic E-state index is 12.7. The summed E-state index contributed by atoms with van der Waals surface area (Å²) in [5.74, 6) is 0.00755. The Morgan fingerprint density at radius 1 is 1.20 bits per heavy atom. The Labute approximate surface area is 155 Å². The summed E-state index contributed by atoms with van der Waals surface area (Å²) >= 11 is 3.32. The molecule has 1 aliphatic rings. The van der Waals surface area contributed by atoms with Gasteiger partial charge in [-0.2, -0.15) is 4.31 Å². The van der Waals surface area contributed by atoms with Crippen LogP contribution in [0.1, 0.15) is 28.8 Å². The highest BCUT2D eigenvalue weighted by molar-refractivity contribution is 9.10. The molecule has 1 aliphatic heterocycles. The molecule has 6 nitrogen and oxygen atoms in total. The standard InChI is InChI=1S/C17H18BrN3O3S/c1-12-6-7-19-16(10-12)20-17(22)14-11-13(4-5-15(14)18)25(23,24)21-8-2-3-9-21/h4-7,10-11H,2-3,8-9H2,1H3,(H,19,20,22). The van der Waals surface area contributed by atoms with Crippen molar-refractivity contribution in [1.29, 1.82) is 0 Å². The Kier molecular flexibility index (Phi) is 5.21. The average Bonchev–Trinajstić information content (AvgIpc) is 3.10. The normalized spacial score (nSPS) is 15.3. The molecule has 8 heteroatoms. The number of aromatic nitrogens is 1. The fourth-order valence-corrected chi connectivity index (χ4v) is 4.68. The fourth-order valence-electron chi connectivity index (χ4n) is 2.70. The van der Waals surface area contributed by atoms with Gasteiger partial charge in [0.25, 0.3) is 5.91 Å². The molecule has 1 fully saturated rings. The number of rotatable bonds is 4. The molecule has 25 heavy (non-hydrogen) atoms. The number of aryl methyl sites for hydroxylation is 1. The predicted molar refractivity (Wildman–Crippen MR) is 99.1 cm³/mol. The third-order valence-electron chi connectivity index (χ3n) is 4.04. The molecule has 2 heterocycles. The van der Waals surface area contributed by atoms with Gasteiger partial charge in [-0.05, 0) is 71.6 Å². The minimum atomic E-state index is -3.57. The molecule has 1 aromatic heterocycles. The molecule has 0 aliphatic carbocycles. The third kappa shape index (κ3) is 3.91. The number of hydrogen-bond acceptors (Lipinski definition) is 4. The molecule has 0 unspecified atom stereocenters. The van der Waals surface area contributed by atoms with Gasteiger partial charge in [0.2, 0.25) is 10.0 Å². The second-order valence-corrected chi connectivity index (χ2v) is 8.72. The number of amides is 1. The topological polar surface area (TPSA) is 79.4 Å². The van der Waals surface area contributed by atoms with Crippen molar-refractivity contribution in [3.05, 3.63) is 52.1 Å². The van der Waals surface area contributed by atoms with E-state index in [-0.39, 0.29) is 10.5 Å². The third-order valence-corrected chi connectivity index (χ3v) is 6.63. The zero-order valence-electron chi connectivity index (χ0n) is 13.7. The van der Waals surface area contributed by atoms with Crippen LogP contribution in [0.4, 0.5) is 5.82 Å². The number of pyridine rings is 1. The molecule has 1 saturated heterocycles. The largest absolute Gasteiger partial charge is 0.307 e. The molecule has 3 rings (SSSR count). The molecule has 1 aromatic carbocycles. The lowest BCUT2D eigenvalue weighted by Crippen LogP contribution is -2.28. The minimum absolute atomic E-state index is 0.125. The fraction of sp³-hybridized carbons (Fsp3) is 0.294. The van der Waals surface area contributed by atoms with Gasteiger partial charge in [-0.3, -0.25) is 4.79 Å². The Balaban J connectivity index is 1.90. The summed E-state index contributed by atoms with van der Waals surface area (Å²) in [6, 6.07) is 8.08. The molecule has 0 radical (unpaired) electrons. The van der Waals surface area contributed by atoms with E-state index in [2.05, 4.69) is 26.2 Å². The summed E-state index contributed by atoms with van der Waals surface area (Å²) in [5, 5.41) is 2.70. The highest BCUT2D eigenvalue weighted by Gasteiger charge is 2.28. The van der Waals surface area contributed by atoms with E-state index in [9.17, 15) is 13.2 Å². The molecular formula is C17H18BrN3O3S. The highest BCUT2D eigenvalue weighted by Crippen LogP contribution is 2.26. The number of nitrogens with zero attached hydrogens (tertiary/aromatic N) is 2. The van der Waals surface area contributed by atoms with Crippen LogP contribution in [0.25, 0.3) is 0 Å². The maximum absolute atomic E-state index is 12.7. The minimum Gasteiger partial charge on any atom is -0.307 e. The Hall–Kier alpha value is -1.77. The number of carbonyl (C=O) groups excluding carboxylic acids is 1. The lowest BCUT2D eigenvalue weighted by Gasteiger charge is -2.16. The van der Waals surface area contributed by atoms with E-state index < -0.39 is 15.9 Å². The van der Waals surface area contributed by atoms with Crippen LogP contribution in [0.3, 0.4) is 0 Å². The molecule has 0 saturated carbocycles. The van der Waals surface area contributed by atoms with Crippen LogP contribution in [-0.2, 0) is 10.0 Å². The zero-order chi connectivity index (χ0) is 18.0. The second-order valence-electron chi connectivity index (χ2n) is 5.93.